The van der Waals surface area contributed by atoms with Crippen molar-refractivity contribution < 1.29 is 0 Å². The molecule has 0 spiro atoms. The fraction of sp³-hybridized carbons (Fsp3) is 0.179. The number of hydrogen-bond acceptors (Lipinski definition) is 1. The van der Waals surface area contributed by atoms with E-state index in [1.165, 1.54) is 103 Å². The van der Waals surface area contributed by atoms with E-state index in [0.717, 1.165) is 17.5 Å². The third kappa shape index (κ3) is 5.59. The van der Waals surface area contributed by atoms with E-state index >= 15 is 0 Å². The summed E-state index contributed by atoms with van der Waals surface area (Å²) in [5, 5.41) is 2.54. The first-order chi connectivity index (χ1) is 28.0. The van der Waals surface area contributed by atoms with Crippen molar-refractivity contribution in [3.8, 4) is 44.5 Å². The molecule has 2 fully saturated rings. The summed E-state index contributed by atoms with van der Waals surface area (Å²) in [6.45, 7) is 4.88. The Hall–Kier alpha value is -6.18. The molecule has 57 heavy (non-hydrogen) atoms. The largest absolute Gasteiger partial charge is 0.310 e. The second-order valence-electron chi connectivity index (χ2n) is 17.2. The van der Waals surface area contributed by atoms with Crippen molar-refractivity contribution in [2.75, 3.05) is 4.90 Å². The van der Waals surface area contributed by atoms with Crippen LogP contribution in [0.5, 0.6) is 0 Å². The number of anilines is 3. The molecule has 0 aliphatic heterocycles. The third-order valence-corrected chi connectivity index (χ3v) is 13.8. The normalized spacial score (nSPS) is 18.7. The number of rotatable bonds is 7. The molecule has 3 aliphatic rings. The highest BCUT2D eigenvalue weighted by atomic mass is 15.1. The van der Waals surface area contributed by atoms with E-state index in [1.54, 1.807) is 5.56 Å². The van der Waals surface area contributed by atoms with Gasteiger partial charge in [-0.1, -0.05) is 172 Å². The van der Waals surface area contributed by atoms with Gasteiger partial charge in [0, 0.05) is 22.4 Å². The minimum Gasteiger partial charge on any atom is -0.310 e. The van der Waals surface area contributed by atoms with Crippen LogP contribution in [0.3, 0.4) is 0 Å². The molecule has 1 nitrogen and oxygen atoms in total. The second kappa shape index (κ2) is 13.5. The Bertz CT molecular complexity index is 2770. The van der Waals surface area contributed by atoms with Crippen molar-refractivity contribution in [3.05, 3.63) is 199 Å². The number of fused-ring (bicyclic) bond motifs is 6. The van der Waals surface area contributed by atoms with Crippen molar-refractivity contribution >= 4 is 27.8 Å². The van der Waals surface area contributed by atoms with Crippen LogP contribution in [0.1, 0.15) is 62.1 Å². The first-order valence-corrected chi connectivity index (χ1v) is 20.9. The first kappa shape index (κ1) is 34.1. The van der Waals surface area contributed by atoms with Crippen molar-refractivity contribution in [1.29, 1.82) is 0 Å². The van der Waals surface area contributed by atoms with Crippen LogP contribution in [0.2, 0.25) is 0 Å². The van der Waals surface area contributed by atoms with Crippen LogP contribution in [0.4, 0.5) is 17.1 Å². The van der Waals surface area contributed by atoms with Crippen LogP contribution in [0.25, 0.3) is 55.3 Å². The van der Waals surface area contributed by atoms with Gasteiger partial charge >= 0.3 is 0 Å². The lowest BCUT2D eigenvalue weighted by atomic mass is 9.78. The molecule has 0 N–H and O–H groups in total. The smallest absolute Gasteiger partial charge is 0.0540 e. The van der Waals surface area contributed by atoms with Gasteiger partial charge in [-0.2, -0.15) is 0 Å². The molecule has 0 heterocycles. The minimum atomic E-state index is -0.104. The van der Waals surface area contributed by atoms with Gasteiger partial charge in [0.1, 0.15) is 0 Å². The van der Waals surface area contributed by atoms with Gasteiger partial charge in [-0.15, -0.1) is 0 Å². The zero-order valence-electron chi connectivity index (χ0n) is 32.8. The van der Waals surface area contributed by atoms with Gasteiger partial charge < -0.3 is 4.90 Å². The zero-order valence-corrected chi connectivity index (χ0v) is 32.8. The highest BCUT2D eigenvalue weighted by Gasteiger charge is 2.44. The van der Waals surface area contributed by atoms with Crippen LogP contribution in [0, 0.1) is 11.8 Å². The van der Waals surface area contributed by atoms with Crippen LogP contribution in [0.15, 0.2) is 182 Å². The van der Waals surface area contributed by atoms with Crippen LogP contribution in [-0.2, 0) is 5.41 Å². The number of nitrogens with zero attached hydrogens (tertiary/aromatic N) is 1. The average molecular weight is 734 g/mol. The molecule has 3 unspecified atom stereocenters. The zero-order chi connectivity index (χ0) is 38.1. The molecular weight excluding hydrogens is 687 g/mol. The second-order valence-corrected chi connectivity index (χ2v) is 17.2. The van der Waals surface area contributed by atoms with Crippen LogP contribution in [-0.4, -0.2) is 0 Å². The Morgan fingerprint density at radius 2 is 1.09 bits per heavy atom. The summed E-state index contributed by atoms with van der Waals surface area (Å²) in [6, 6.07) is 67.7. The number of benzene rings is 8. The van der Waals surface area contributed by atoms with Crippen LogP contribution >= 0.6 is 0 Å². The Morgan fingerprint density at radius 1 is 0.474 bits per heavy atom. The maximum atomic E-state index is 2.51. The highest BCUT2D eigenvalue weighted by molar-refractivity contribution is 6.06. The average Bonchev–Trinajstić information content (AvgIpc) is 3.97. The van der Waals surface area contributed by atoms with Gasteiger partial charge in [0.2, 0.25) is 0 Å². The first-order valence-electron chi connectivity index (χ1n) is 20.9. The molecule has 2 saturated carbocycles. The molecule has 0 saturated heterocycles. The van der Waals surface area contributed by atoms with Gasteiger partial charge in [-0.25, -0.2) is 0 Å². The molecule has 276 valence electrons. The fourth-order valence-electron chi connectivity index (χ4n) is 11.1. The standard InChI is InChI=1S/C56H47N/c1-56(2)51-24-13-23-48(50-35-37-26-27-42(50)34-37)55(51)49-33-32-44(36-52(49)56)57(53-25-10-9-20-45(53)38-14-5-3-6-15-38)43-30-28-40(29-31-43)47-22-12-19-41-18-11-21-46(54(41)47)39-16-7-4-8-17-39/h3-25,28-33,36-37,42,50H,26-27,34-35H2,1-2H3. The van der Waals surface area contributed by atoms with Crippen molar-refractivity contribution in [1.82, 2.24) is 0 Å². The lowest BCUT2D eigenvalue weighted by Gasteiger charge is -2.30. The minimum absolute atomic E-state index is 0.104. The van der Waals surface area contributed by atoms with Crippen molar-refractivity contribution in [2.24, 2.45) is 11.8 Å². The van der Waals surface area contributed by atoms with E-state index in [1.807, 2.05) is 0 Å². The molecule has 0 aromatic heterocycles. The molecule has 3 aliphatic carbocycles. The predicted octanol–water partition coefficient (Wildman–Crippen LogP) is 15.5. The number of hydrogen-bond donors (Lipinski definition) is 0. The van der Waals surface area contributed by atoms with E-state index < -0.39 is 0 Å². The Balaban J connectivity index is 1.06. The SMILES string of the molecule is CC1(C)c2cc(N(c3ccc(-c4cccc5cccc(-c6ccccc6)c45)cc3)c3ccccc3-c3ccccc3)ccc2-c2c(C3CC4CCC3C4)cccc21. The quantitative estimate of drug-likeness (QED) is 0.158. The lowest BCUT2D eigenvalue weighted by molar-refractivity contribution is 0.420. The number of para-hydroxylation sites is 1. The summed E-state index contributed by atoms with van der Waals surface area (Å²) >= 11 is 0. The summed E-state index contributed by atoms with van der Waals surface area (Å²) in [5.74, 6) is 2.46. The van der Waals surface area contributed by atoms with E-state index in [4.69, 9.17) is 0 Å². The van der Waals surface area contributed by atoms with Gasteiger partial charge in [0.15, 0.2) is 0 Å². The molecular formula is C56H47N. The molecule has 1 heteroatoms. The third-order valence-electron chi connectivity index (χ3n) is 13.8. The van der Waals surface area contributed by atoms with E-state index in [2.05, 4.69) is 201 Å². The maximum Gasteiger partial charge on any atom is 0.0540 e. The Labute approximate surface area is 337 Å². The Morgan fingerprint density at radius 3 is 1.77 bits per heavy atom. The molecule has 0 radical (unpaired) electrons. The lowest BCUT2D eigenvalue weighted by Crippen LogP contribution is -2.17. The Kier molecular flexibility index (Phi) is 8.07. The van der Waals surface area contributed by atoms with Crippen molar-refractivity contribution in [2.45, 2.75) is 50.9 Å². The molecule has 0 amide bonds. The monoisotopic (exact) mass is 733 g/mol. The van der Waals surface area contributed by atoms with Crippen molar-refractivity contribution in [3.63, 3.8) is 0 Å². The summed E-state index contributed by atoms with van der Waals surface area (Å²) in [7, 11) is 0. The predicted molar refractivity (Wildman–Crippen MR) is 241 cm³/mol. The molecule has 8 aromatic carbocycles. The summed E-state index contributed by atoms with van der Waals surface area (Å²) < 4.78 is 0. The van der Waals surface area contributed by atoms with Gasteiger partial charge in [0.25, 0.3) is 0 Å². The van der Waals surface area contributed by atoms with E-state index in [0.29, 0.717) is 5.92 Å². The molecule has 11 rings (SSSR count). The van der Waals surface area contributed by atoms with Crippen LogP contribution < -0.4 is 4.90 Å². The molecule has 8 aromatic rings. The fourth-order valence-corrected chi connectivity index (χ4v) is 11.1. The summed E-state index contributed by atoms with van der Waals surface area (Å²) in [5.41, 5.74) is 18.2. The summed E-state index contributed by atoms with van der Waals surface area (Å²) in [6.07, 6.45) is 5.62. The van der Waals surface area contributed by atoms with Gasteiger partial charge in [-0.3, -0.25) is 0 Å². The molecule has 3 atom stereocenters. The molecule has 2 bridgehead atoms. The van der Waals surface area contributed by atoms with E-state index in [-0.39, 0.29) is 5.41 Å². The summed E-state index contributed by atoms with van der Waals surface area (Å²) in [4.78, 5) is 2.49. The van der Waals surface area contributed by atoms with Gasteiger partial charge in [0.05, 0.1) is 5.69 Å². The highest BCUT2D eigenvalue weighted by Crippen LogP contribution is 2.59. The topological polar surface area (TPSA) is 3.24 Å². The maximum absolute atomic E-state index is 2.51. The van der Waals surface area contributed by atoms with Gasteiger partial charge in [-0.05, 0) is 134 Å². The van der Waals surface area contributed by atoms with E-state index in [9.17, 15) is 0 Å².